The Balaban J connectivity index is 3.09. The van der Waals surface area contributed by atoms with Gasteiger partial charge in [-0.3, -0.25) is 0 Å². The van der Waals surface area contributed by atoms with Gasteiger partial charge >= 0.3 is 0 Å². The van der Waals surface area contributed by atoms with Gasteiger partial charge in [0.25, 0.3) is 0 Å². The molecule has 0 heterocycles. The van der Waals surface area contributed by atoms with Crippen LogP contribution in [0.4, 0.5) is 0 Å². The number of rotatable bonds is 6. The van der Waals surface area contributed by atoms with Crippen LogP contribution in [-0.2, 0) is 4.74 Å². The first-order valence-corrected chi connectivity index (χ1v) is 5.11. The van der Waals surface area contributed by atoms with Crippen molar-refractivity contribution in [3.05, 3.63) is 0 Å². The molecule has 0 aromatic rings. The Hall–Kier alpha value is 0.440. The van der Waals surface area contributed by atoms with Crippen molar-refractivity contribution in [2.24, 2.45) is 5.92 Å². The van der Waals surface area contributed by atoms with E-state index in [2.05, 4.69) is 29.8 Å². The first-order valence-electron chi connectivity index (χ1n) is 3.98. The van der Waals surface area contributed by atoms with E-state index < -0.39 is 0 Å². The van der Waals surface area contributed by atoms with Crippen LogP contribution in [-0.4, -0.2) is 18.5 Å². The second-order valence-electron chi connectivity index (χ2n) is 2.45. The maximum absolute atomic E-state index is 5.38. The van der Waals surface area contributed by atoms with Crippen LogP contribution in [0.5, 0.6) is 0 Å². The lowest BCUT2D eigenvalue weighted by molar-refractivity contribution is 0.110. The zero-order chi connectivity index (χ0) is 7.82. The van der Waals surface area contributed by atoms with E-state index in [-0.39, 0.29) is 0 Å². The van der Waals surface area contributed by atoms with E-state index in [1.807, 2.05) is 0 Å². The van der Waals surface area contributed by atoms with Gasteiger partial charge in [-0.25, -0.2) is 0 Å². The zero-order valence-corrected chi connectivity index (χ0v) is 8.49. The van der Waals surface area contributed by atoms with Crippen molar-refractivity contribution < 1.29 is 4.74 Å². The second-order valence-corrected chi connectivity index (χ2v) is 3.24. The van der Waals surface area contributed by atoms with Crippen LogP contribution in [0.2, 0.25) is 0 Å². The topological polar surface area (TPSA) is 9.23 Å². The molecule has 0 aliphatic heterocycles. The average molecular weight is 209 g/mol. The fraction of sp³-hybridized carbons (Fsp3) is 1.00. The van der Waals surface area contributed by atoms with Crippen LogP contribution in [0, 0.1) is 5.92 Å². The molecule has 0 N–H and O–H groups in total. The van der Waals surface area contributed by atoms with Gasteiger partial charge in [-0.1, -0.05) is 42.6 Å². The van der Waals surface area contributed by atoms with Crippen molar-refractivity contribution in [1.29, 1.82) is 0 Å². The Morgan fingerprint density at radius 1 is 1.30 bits per heavy atom. The Bertz CT molecular complexity index is 62.3. The zero-order valence-electron chi connectivity index (χ0n) is 6.90. The molecule has 10 heavy (non-hydrogen) atoms. The minimum atomic E-state index is 0.763. The molecule has 1 nitrogen and oxygen atoms in total. The number of ether oxygens (including phenoxy) is 1. The minimum Gasteiger partial charge on any atom is -0.380 e. The SMILES string of the molecule is CCC(CC)COCCBr. The highest BCUT2D eigenvalue weighted by Crippen LogP contribution is 2.07. The van der Waals surface area contributed by atoms with Gasteiger partial charge in [0, 0.05) is 11.9 Å². The van der Waals surface area contributed by atoms with E-state index in [4.69, 9.17) is 4.74 Å². The summed E-state index contributed by atoms with van der Waals surface area (Å²) in [6, 6.07) is 0. The van der Waals surface area contributed by atoms with E-state index in [9.17, 15) is 0 Å². The second kappa shape index (κ2) is 7.55. The lowest BCUT2D eigenvalue weighted by Gasteiger charge is -2.11. The predicted octanol–water partition coefficient (Wildman–Crippen LogP) is 2.83. The third-order valence-corrected chi connectivity index (χ3v) is 2.05. The van der Waals surface area contributed by atoms with E-state index >= 15 is 0 Å². The van der Waals surface area contributed by atoms with E-state index in [1.165, 1.54) is 12.8 Å². The van der Waals surface area contributed by atoms with Crippen molar-refractivity contribution in [2.75, 3.05) is 18.5 Å². The molecule has 0 aliphatic carbocycles. The molecule has 0 atom stereocenters. The molecular formula is C8H17BrO. The van der Waals surface area contributed by atoms with Crippen molar-refractivity contribution >= 4 is 15.9 Å². The van der Waals surface area contributed by atoms with Crippen LogP contribution in [0.1, 0.15) is 26.7 Å². The highest BCUT2D eigenvalue weighted by molar-refractivity contribution is 9.09. The number of hydrogen-bond donors (Lipinski definition) is 0. The normalized spacial score (nSPS) is 10.8. The van der Waals surface area contributed by atoms with Gasteiger partial charge in [0.15, 0.2) is 0 Å². The standard InChI is InChI=1S/C8H17BrO/c1-3-8(4-2)7-10-6-5-9/h8H,3-7H2,1-2H3. The van der Waals surface area contributed by atoms with Gasteiger partial charge in [0.05, 0.1) is 6.61 Å². The van der Waals surface area contributed by atoms with Crippen LogP contribution in [0.25, 0.3) is 0 Å². The molecule has 0 aromatic carbocycles. The molecule has 0 bridgehead atoms. The van der Waals surface area contributed by atoms with Gasteiger partial charge in [-0.2, -0.15) is 0 Å². The van der Waals surface area contributed by atoms with Gasteiger partial charge in [0.2, 0.25) is 0 Å². The van der Waals surface area contributed by atoms with Crippen molar-refractivity contribution in [3.63, 3.8) is 0 Å². The summed E-state index contributed by atoms with van der Waals surface area (Å²) in [4.78, 5) is 0. The molecule has 62 valence electrons. The number of halogens is 1. The summed E-state index contributed by atoms with van der Waals surface area (Å²) in [5, 5.41) is 0.952. The molecule has 0 aromatic heterocycles. The molecule has 2 heteroatoms. The third-order valence-electron chi connectivity index (χ3n) is 1.73. The van der Waals surface area contributed by atoms with Crippen molar-refractivity contribution in [3.8, 4) is 0 Å². The molecule has 0 fully saturated rings. The molecule has 0 radical (unpaired) electrons. The predicted molar refractivity (Wildman–Crippen MR) is 48.7 cm³/mol. The lowest BCUT2D eigenvalue weighted by atomic mass is 10.1. The first kappa shape index (κ1) is 10.4. The first-order chi connectivity index (χ1) is 4.85. The highest BCUT2D eigenvalue weighted by Gasteiger charge is 2.01. The summed E-state index contributed by atoms with van der Waals surface area (Å²) in [5.74, 6) is 0.763. The number of alkyl halides is 1. The average Bonchev–Trinajstić information content (AvgIpc) is 1.99. The summed E-state index contributed by atoms with van der Waals surface area (Å²) in [6.45, 7) is 6.20. The largest absolute Gasteiger partial charge is 0.380 e. The molecule has 0 amide bonds. The maximum Gasteiger partial charge on any atom is 0.0563 e. The Morgan fingerprint density at radius 2 is 1.90 bits per heavy atom. The van der Waals surface area contributed by atoms with E-state index in [0.717, 1.165) is 24.5 Å². The molecule has 0 rings (SSSR count). The monoisotopic (exact) mass is 208 g/mol. The number of hydrogen-bond acceptors (Lipinski definition) is 1. The van der Waals surface area contributed by atoms with Crippen LogP contribution < -0.4 is 0 Å². The quantitative estimate of drug-likeness (QED) is 0.482. The van der Waals surface area contributed by atoms with Gasteiger partial charge in [-0.15, -0.1) is 0 Å². The Labute approximate surface area is 72.3 Å². The maximum atomic E-state index is 5.38. The van der Waals surface area contributed by atoms with E-state index in [0.29, 0.717) is 0 Å². The Kier molecular flexibility index (Phi) is 7.88. The lowest BCUT2D eigenvalue weighted by Crippen LogP contribution is -2.08. The smallest absolute Gasteiger partial charge is 0.0563 e. The molecule has 0 unspecified atom stereocenters. The fourth-order valence-corrected chi connectivity index (χ4v) is 1.06. The van der Waals surface area contributed by atoms with Gasteiger partial charge in [-0.05, 0) is 5.92 Å². The Morgan fingerprint density at radius 3 is 2.30 bits per heavy atom. The van der Waals surface area contributed by atoms with Crippen molar-refractivity contribution in [2.45, 2.75) is 26.7 Å². The highest BCUT2D eigenvalue weighted by atomic mass is 79.9. The minimum absolute atomic E-state index is 0.763. The molecule has 0 saturated heterocycles. The van der Waals surface area contributed by atoms with Gasteiger partial charge < -0.3 is 4.74 Å². The molecule has 0 saturated carbocycles. The van der Waals surface area contributed by atoms with Crippen molar-refractivity contribution in [1.82, 2.24) is 0 Å². The summed E-state index contributed by atoms with van der Waals surface area (Å²) in [6.07, 6.45) is 2.47. The molecule has 0 spiro atoms. The summed E-state index contributed by atoms with van der Waals surface area (Å²) in [7, 11) is 0. The summed E-state index contributed by atoms with van der Waals surface area (Å²) < 4.78 is 5.38. The van der Waals surface area contributed by atoms with Crippen LogP contribution in [0.3, 0.4) is 0 Å². The third kappa shape index (κ3) is 5.24. The van der Waals surface area contributed by atoms with Gasteiger partial charge in [0.1, 0.15) is 0 Å². The van der Waals surface area contributed by atoms with Crippen LogP contribution >= 0.6 is 15.9 Å². The molecule has 0 aliphatic rings. The van der Waals surface area contributed by atoms with E-state index in [1.54, 1.807) is 0 Å². The summed E-state index contributed by atoms with van der Waals surface area (Å²) in [5.41, 5.74) is 0. The molecular weight excluding hydrogens is 192 g/mol. The summed E-state index contributed by atoms with van der Waals surface area (Å²) >= 11 is 3.32. The fourth-order valence-electron chi connectivity index (χ4n) is 0.829. The van der Waals surface area contributed by atoms with Crippen LogP contribution in [0.15, 0.2) is 0 Å².